The van der Waals surface area contributed by atoms with Gasteiger partial charge in [0.15, 0.2) is 0 Å². The van der Waals surface area contributed by atoms with Gasteiger partial charge in [-0.1, -0.05) is 37.5 Å². The molecule has 1 aliphatic rings. The third kappa shape index (κ3) is 1.55. The fourth-order valence-corrected chi connectivity index (χ4v) is 3.11. The average molecular weight is 213 g/mol. The summed E-state index contributed by atoms with van der Waals surface area (Å²) in [6.07, 6.45) is 9.37. The Morgan fingerprint density at radius 3 is 2.62 bits per heavy atom. The summed E-state index contributed by atoms with van der Waals surface area (Å²) < 4.78 is 2.28. The van der Waals surface area contributed by atoms with Crippen LogP contribution in [0.4, 0.5) is 0 Å². The standard InChI is InChI=1S/C15H19N/c1-16-11-14(12-7-3-2-4-8-12)13-9-5-6-10-15(13)16/h5-6,9-12H,2-4,7-8H2,1H3. The van der Waals surface area contributed by atoms with E-state index in [0.29, 0.717) is 0 Å². The molecule has 1 fully saturated rings. The number of hydrogen-bond donors (Lipinski definition) is 0. The Balaban J connectivity index is 2.08. The maximum absolute atomic E-state index is 2.35. The smallest absolute Gasteiger partial charge is 0.0480 e. The zero-order valence-electron chi connectivity index (χ0n) is 9.95. The first-order valence-corrected chi connectivity index (χ1v) is 6.40. The van der Waals surface area contributed by atoms with Gasteiger partial charge in [0.25, 0.3) is 0 Å². The molecule has 0 atom stereocenters. The van der Waals surface area contributed by atoms with Crippen LogP contribution >= 0.6 is 0 Å². The Morgan fingerprint density at radius 1 is 1.06 bits per heavy atom. The van der Waals surface area contributed by atoms with Crippen molar-refractivity contribution in [2.24, 2.45) is 7.05 Å². The van der Waals surface area contributed by atoms with Crippen molar-refractivity contribution in [3.8, 4) is 0 Å². The van der Waals surface area contributed by atoms with Crippen LogP contribution in [-0.4, -0.2) is 4.57 Å². The molecule has 0 aliphatic heterocycles. The van der Waals surface area contributed by atoms with Crippen molar-refractivity contribution < 1.29 is 0 Å². The molecule has 0 spiro atoms. The Morgan fingerprint density at radius 2 is 1.81 bits per heavy atom. The molecule has 2 aromatic rings. The zero-order chi connectivity index (χ0) is 11.0. The number of aryl methyl sites for hydroxylation is 1. The van der Waals surface area contributed by atoms with E-state index in [9.17, 15) is 0 Å². The van der Waals surface area contributed by atoms with E-state index in [1.165, 1.54) is 43.0 Å². The average Bonchev–Trinajstić information content (AvgIpc) is 2.69. The van der Waals surface area contributed by atoms with Crippen molar-refractivity contribution in [1.82, 2.24) is 4.57 Å². The number of fused-ring (bicyclic) bond motifs is 1. The van der Waals surface area contributed by atoms with Crippen molar-refractivity contribution in [3.05, 3.63) is 36.0 Å². The first-order valence-electron chi connectivity index (χ1n) is 6.40. The molecule has 0 N–H and O–H groups in total. The van der Waals surface area contributed by atoms with E-state index in [0.717, 1.165) is 5.92 Å². The minimum absolute atomic E-state index is 0.805. The Labute approximate surface area is 97.1 Å². The van der Waals surface area contributed by atoms with E-state index >= 15 is 0 Å². The predicted octanol–water partition coefficient (Wildman–Crippen LogP) is 4.23. The van der Waals surface area contributed by atoms with E-state index in [2.05, 4.69) is 42.1 Å². The molecule has 1 aromatic carbocycles. The van der Waals surface area contributed by atoms with E-state index in [4.69, 9.17) is 0 Å². The number of aromatic nitrogens is 1. The van der Waals surface area contributed by atoms with Crippen LogP contribution in [0, 0.1) is 0 Å². The third-order valence-corrected chi connectivity index (χ3v) is 3.97. The molecule has 0 amide bonds. The molecule has 1 nitrogen and oxygen atoms in total. The highest BCUT2D eigenvalue weighted by molar-refractivity contribution is 5.84. The van der Waals surface area contributed by atoms with Gasteiger partial charge in [0, 0.05) is 24.1 Å². The number of hydrogen-bond acceptors (Lipinski definition) is 0. The van der Waals surface area contributed by atoms with Crippen molar-refractivity contribution >= 4 is 10.9 Å². The summed E-state index contributed by atoms with van der Waals surface area (Å²) in [5.41, 5.74) is 2.96. The molecule has 1 heterocycles. The minimum Gasteiger partial charge on any atom is -0.350 e. The quantitative estimate of drug-likeness (QED) is 0.668. The van der Waals surface area contributed by atoms with Crippen LogP contribution in [0.15, 0.2) is 30.5 Å². The van der Waals surface area contributed by atoms with Crippen LogP contribution < -0.4 is 0 Å². The maximum Gasteiger partial charge on any atom is 0.0480 e. The van der Waals surface area contributed by atoms with Gasteiger partial charge in [0.1, 0.15) is 0 Å². The molecule has 1 heteroatoms. The lowest BCUT2D eigenvalue weighted by molar-refractivity contribution is 0.445. The number of rotatable bonds is 1. The molecule has 1 aromatic heterocycles. The lowest BCUT2D eigenvalue weighted by atomic mass is 9.84. The van der Waals surface area contributed by atoms with Gasteiger partial charge in [-0.25, -0.2) is 0 Å². The second kappa shape index (κ2) is 3.97. The number of nitrogens with zero attached hydrogens (tertiary/aromatic N) is 1. The highest BCUT2D eigenvalue weighted by atomic mass is 14.9. The van der Waals surface area contributed by atoms with Crippen LogP contribution in [0.3, 0.4) is 0 Å². The molecule has 1 saturated carbocycles. The zero-order valence-corrected chi connectivity index (χ0v) is 9.95. The van der Waals surface area contributed by atoms with Gasteiger partial charge in [-0.2, -0.15) is 0 Å². The van der Waals surface area contributed by atoms with Crippen LogP contribution in [0.25, 0.3) is 10.9 Å². The largest absolute Gasteiger partial charge is 0.350 e. The SMILES string of the molecule is Cn1cc(C2CCCCC2)c2ccccc21. The monoisotopic (exact) mass is 213 g/mol. The second-order valence-corrected chi connectivity index (χ2v) is 5.05. The molecular weight excluding hydrogens is 194 g/mol. The van der Waals surface area contributed by atoms with Crippen molar-refractivity contribution in [2.45, 2.75) is 38.0 Å². The number of benzene rings is 1. The minimum atomic E-state index is 0.805. The van der Waals surface area contributed by atoms with E-state index in [-0.39, 0.29) is 0 Å². The predicted molar refractivity (Wildman–Crippen MR) is 68.7 cm³/mol. The lowest BCUT2D eigenvalue weighted by Crippen LogP contribution is -2.03. The summed E-state index contributed by atoms with van der Waals surface area (Å²) in [4.78, 5) is 0. The summed E-state index contributed by atoms with van der Waals surface area (Å²) in [5.74, 6) is 0.805. The highest BCUT2D eigenvalue weighted by Gasteiger charge is 2.19. The topological polar surface area (TPSA) is 4.93 Å². The second-order valence-electron chi connectivity index (χ2n) is 5.05. The Hall–Kier alpha value is -1.24. The van der Waals surface area contributed by atoms with Crippen molar-refractivity contribution in [1.29, 1.82) is 0 Å². The van der Waals surface area contributed by atoms with E-state index in [1.807, 2.05) is 0 Å². The van der Waals surface area contributed by atoms with Crippen LogP contribution in [0.5, 0.6) is 0 Å². The molecule has 0 unspecified atom stereocenters. The summed E-state index contributed by atoms with van der Waals surface area (Å²) in [5, 5.41) is 1.47. The van der Waals surface area contributed by atoms with Crippen LogP contribution in [0.1, 0.15) is 43.6 Å². The Bertz CT molecular complexity index is 489. The summed E-state index contributed by atoms with van der Waals surface area (Å²) in [6.45, 7) is 0. The highest BCUT2D eigenvalue weighted by Crippen LogP contribution is 2.36. The van der Waals surface area contributed by atoms with E-state index < -0.39 is 0 Å². The third-order valence-electron chi connectivity index (χ3n) is 3.97. The van der Waals surface area contributed by atoms with Crippen molar-refractivity contribution in [3.63, 3.8) is 0 Å². The molecule has 3 rings (SSSR count). The van der Waals surface area contributed by atoms with Gasteiger partial charge in [-0.05, 0) is 30.4 Å². The Kier molecular flexibility index (Phi) is 2.47. The maximum atomic E-state index is 2.35. The molecule has 0 saturated heterocycles. The van der Waals surface area contributed by atoms with Gasteiger partial charge in [0.05, 0.1) is 0 Å². The molecule has 16 heavy (non-hydrogen) atoms. The normalized spacial score (nSPS) is 18.1. The molecule has 0 radical (unpaired) electrons. The fraction of sp³-hybridized carbons (Fsp3) is 0.467. The van der Waals surface area contributed by atoms with Gasteiger partial charge in [0.2, 0.25) is 0 Å². The summed E-state index contributed by atoms with van der Waals surface area (Å²) in [7, 11) is 2.16. The lowest BCUT2D eigenvalue weighted by Gasteiger charge is -2.21. The molecular formula is C15H19N. The van der Waals surface area contributed by atoms with Gasteiger partial charge < -0.3 is 4.57 Å². The molecule has 84 valence electrons. The summed E-state index contributed by atoms with van der Waals surface area (Å²) >= 11 is 0. The van der Waals surface area contributed by atoms with Gasteiger partial charge in [-0.15, -0.1) is 0 Å². The van der Waals surface area contributed by atoms with Crippen LogP contribution in [-0.2, 0) is 7.05 Å². The first kappa shape index (κ1) is 9.95. The molecule has 1 aliphatic carbocycles. The fourth-order valence-electron chi connectivity index (χ4n) is 3.11. The first-order chi connectivity index (χ1) is 7.86. The van der Waals surface area contributed by atoms with E-state index in [1.54, 1.807) is 5.56 Å². The van der Waals surface area contributed by atoms with Crippen molar-refractivity contribution in [2.75, 3.05) is 0 Å². The van der Waals surface area contributed by atoms with Gasteiger partial charge >= 0.3 is 0 Å². The summed E-state index contributed by atoms with van der Waals surface area (Å²) in [6, 6.07) is 8.79. The number of para-hydroxylation sites is 1. The van der Waals surface area contributed by atoms with Crippen LogP contribution in [0.2, 0.25) is 0 Å². The van der Waals surface area contributed by atoms with Gasteiger partial charge in [-0.3, -0.25) is 0 Å². The molecule has 0 bridgehead atoms.